The van der Waals surface area contributed by atoms with E-state index in [1.807, 2.05) is 0 Å². The Balaban J connectivity index is 0. The van der Waals surface area contributed by atoms with Gasteiger partial charge in [0, 0.05) is 0 Å². The predicted molar refractivity (Wildman–Crippen MR) is 81.7 cm³/mol. The first kappa shape index (κ1) is 17.6. The van der Waals surface area contributed by atoms with Crippen LogP contribution in [-0.4, -0.2) is 18.5 Å². The summed E-state index contributed by atoms with van der Waals surface area (Å²) >= 11 is 0. The molecule has 0 aromatic carbocycles. The molecule has 0 saturated heterocycles. The molecule has 2 heteroatoms. The molecule has 0 amide bonds. The number of unbranched alkanes of at least 4 members (excludes halogenated alkanes) is 3. The predicted octanol–water partition coefficient (Wildman–Crippen LogP) is 5.49. The normalized spacial score (nSPS) is 10.3. The lowest BCUT2D eigenvalue weighted by Crippen LogP contribution is -1.95. The van der Waals surface area contributed by atoms with Crippen LogP contribution in [-0.2, 0) is 0 Å². The first-order valence-corrected chi connectivity index (χ1v) is 7.97. The van der Waals surface area contributed by atoms with Crippen LogP contribution in [0.3, 0.4) is 0 Å². The maximum atomic E-state index is 2.31. The number of halogens is 1. The first-order chi connectivity index (χ1) is 6.35. The average Bonchev–Trinajstić information content (AvgIpc) is 2.17. The van der Waals surface area contributed by atoms with Crippen LogP contribution in [0.1, 0.15) is 59.3 Å². The van der Waals surface area contributed by atoms with Gasteiger partial charge in [-0.05, 0) is 37.7 Å². The molecule has 0 N–H and O–H groups in total. The second-order valence-corrected chi connectivity index (χ2v) is 6.59. The van der Waals surface area contributed by atoms with Crippen LogP contribution in [0.15, 0.2) is 0 Å². The topological polar surface area (TPSA) is 0 Å². The van der Waals surface area contributed by atoms with E-state index in [1.165, 1.54) is 38.5 Å². The standard InChI is InChI=1S/C12H27P.HI/c1-4-7-10-13(11-8-5-2)12-9-6-3;/h4-12H2,1-3H3;1H. The maximum absolute atomic E-state index is 2.31. The molecule has 0 nitrogen and oxygen atoms in total. The zero-order valence-electron chi connectivity index (χ0n) is 10.2. The molecular weight excluding hydrogens is 302 g/mol. The van der Waals surface area contributed by atoms with Gasteiger partial charge < -0.3 is 0 Å². The van der Waals surface area contributed by atoms with E-state index >= 15 is 0 Å². The Hall–Kier alpha value is 1.16. The number of hydrogen-bond donors (Lipinski definition) is 0. The molecule has 0 spiro atoms. The quantitative estimate of drug-likeness (QED) is 0.387. The molecule has 0 fully saturated rings. The first-order valence-electron chi connectivity index (χ1n) is 6.07. The fraction of sp³-hybridized carbons (Fsp3) is 1.00. The van der Waals surface area contributed by atoms with Crippen LogP contribution < -0.4 is 0 Å². The van der Waals surface area contributed by atoms with Crippen LogP contribution in [0.25, 0.3) is 0 Å². The molecule has 0 aromatic heterocycles. The molecule has 0 bridgehead atoms. The number of rotatable bonds is 9. The Bertz CT molecular complexity index is 77.3. The van der Waals surface area contributed by atoms with Crippen LogP contribution >= 0.6 is 31.9 Å². The van der Waals surface area contributed by atoms with Crippen molar-refractivity contribution in [1.82, 2.24) is 0 Å². The van der Waals surface area contributed by atoms with Crippen molar-refractivity contribution in [2.75, 3.05) is 18.5 Å². The largest absolute Gasteiger partial charge is 0.107 e. The fourth-order valence-electron chi connectivity index (χ4n) is 1.48. The highest BCUT2D eigenvalue weighted by Gasteiger charge is 2.05. The van der Waals surface area contributed by atoms with Gasteiger partial charge in [-0.15, -0.1) is 31.9 Å². The molecule has 88 valence electrons. The van der Waals surface area contributed by atoms with Crippen molar-refractivity contribution in [3.8, 4) is 0 Å². The van der Waals surface area contributed by atoms with E-state index in [2.05, 4.69) is 20.8 Å². The van der Waals surface area contributed by atoms with Gasteiger partial charge in [-0.25, -0.2) is 0 Å². The number of hydrogen-bond acceptors (Lipinski definition) is 0. The minimum Gasteiger partial charge on any atom is -0.107 e. The summed E-state index contributed by atoms with van der Waals surface area (Å²) in [4.78, 5) is 0. The fourth-order valence-corrected chi connectivity index (χ4v) is 4.44. The molecule has 0 saturated carbocycles. The maximum Gasteiger partial charge on any atom is -0.0326 e. The summed E-state index contributed by atoms with van der Waals surface area (Å²) in [6.45, 7) is 6.94. The van der Waals surface area contributed by atoms with Gasteiger partial charge in [0.15, 0.2) is 0 Å². The second kappa shape index (κ2) is 14.2. The summed E-state index contributed by atoms with van der Waals surface area (Å²) in [5.41, 5.74) is 0. The summed E-state index contributed by atoms with van der Waals surface area (Å²) in [7, 11) is 0.422. The minimum atomic E-state index is 0. The Kier molecular flexibility index (Phi) is 17.8. The van der Waals surface area contributed by atoms with Gasteiger partial charge in [0.25, 0.3) is 0 Å². The third-order valence-electron chi connectivity index (χ3n) is 2.48. The highest BCUT2D eigenvalue weighted by Crippen LogP contribution is 2.38. The van der Waals surface area contributed by atoms with Gasteiger partial charge in [-0.2, -0.15) is 0 Å². The lowest BCUT2D eigenvalue weighted by molar-refractivity contribution is 0.847. The molecule has 0 aliphatic heterocycles. The van der Waals surface area contributed by atoms with Gasteiger partial charge in [0.1, 0.15) is 0 Å². The third-order valence-corrected chi connectivity index (χ3v) is 5.33. The molecule has 0 unspecified atom stereocenters. The monoisotopic (exact) mass is 330 g/mol. The molecule has 0 atom stereocenters. The molecule has 0 aliphatic carbocycles. The van der Waals surface area contributed by atoms with Crippen molar-refractivity contribution in [1.29, 1.82) is 0 Å². The highest BCUT2D eigenvalue weighted by atomic mass is 127. The SMILES string of the molecule is CCCCP(CCCC)CCCC.I. The molecule has 14 heavy (non-hydrogen) atoms. The average molecular weight is 330 g/mol. The molecule has 0 rings (SSSR count). The van der Waals surface area contributed by atoms with Crippen molar-refractivity contribution in [2.24, 2.45) is 0 Å². The molecular formula is C12H28IP. The van der Waals surface area contributed by atoms with E-state index in [0.717, 1.165) is 0 Å². The minimum absolute atomic E-state index is 0. The zero-order chi connectivity index (χ0) is 9.94. The second-order valence-electron chi connectivity index (χ2n) is 3.90. The summed E-state index contributed by atoms with van der Waals surface area (Å²) in [6.07, 6.45) is 13.2. The van der Waals surface area contributed by atoms with Gasteiger partial charge in [0.05, 0.1) is 0 Å². The van der Waals surface area contributed by atoms with E-state index in [9.17, 15) is 0 Å². The zero-order valence-corrected chi connectivity index (χ0v) is 13.4. The summed E-state index contributed by atoms with van der Waals surface area (Å²) in [5.74, 6) is 0. The highest BCUT2D eigenvalue weighted by molar-refractivity contribution is 14.0. The Morgan fingerprint density at radius 1 is 0.643 bits per heavy atom. The van der Waals surface area contributed by atoms with Crippen molar-refractivity contribution in [2.45, 2.75) is 59.3 Å². The smallest absolute Gasteiger partial charge is 0.0326 e. The summed E-state index contributed by atoms with van der Waals surface area (Å²) < 4.78 is 0. The Morgan fingerprint density at radius 2 is 0.929 bits per heavy atom. The summed E-state index contributed by atoms with van der Waals surface area (Å²) in [6, 6.07) is 0. The van der Waals surface area contributed by atoms with Crippen LogP contribution in [0.5, 0.6) is 0 Å². The van der Waals surface area contributed by atoms with Crippen LogP contribution in [0.4, 0.5) is 0 Å². The van der Waals surface area contributed by atoms with E-state index in [0.29, 0.717) is 7.92 Å². The molecule has 0 heterocycles. The van der Waals surface area contributed by atoms with Crippen LogP contribution in [0.2, 0.25) is 0 Å². The molecule has 0 radical (unpaired) electrons. The van der Waals surface area contributed by atoms with Gasteiger partial charge >= 0.3 is 0 Å². The summed E-state index contributed by atoms with van der Waals surface area (Å²) in [5, 5.41) is 0. The van der Waals surface area contributed by atoms with Gasteiger partial charge in [-0.1, -0.05) is 40.0 Å². The molecule has 0 aliphatic rings. The Morgan fingerprint density at radius 3 is 1.14 bits per heavy atom. The van der Waals surface area contributed by atoms with E-state index in [1.54, 1.807) is 18.5 Å². The Labute approximate surface area is 109 Å². The lowest BCUT2D eigenvalue weighted by atomic mass is 10.4. The lowest BCUT2D eigenvalue weighted by Gasteiger charge is -2.16. The van der Waals surface area contributed by atoms with E-state index in [-0.39, 0.29) is 24.0 Å². The van der Waals surface area contributed by atoms with Crippen molar-refractivity contribution >= 4 is 31.9 Å². The van der Waals surface area contributed by atoms with Crippen molar-refractivity contribution < 1.29 is 0 Å². The van der Waals surface area contributed by atoms with E-state index in [4.69, 9.17) is 0 Å². The van der Waals surface area contributed by atoms with Crippen molar-refractivity contribution in [3.05, 3.63) is 0 Å². The van der Waals surface area contributed by atoms with Crippen LogP contribution in [0, 0.1) is 0 Å². The molecule has 0 aromatic rings. The van der Waals surface area contributed by atoms with Crippen molar-refractivity contribution in [3.63, 3.8) is 0 Å². The van der Waals surface area contributed by atoms with Gasteiger partial charge in [-0.3, -0.25) is 0 Å². The van der Waals surface area contributed by atoms with E-state index < -0.39 is 0 Å². The third kappa shape index (κ3) is 11.2. The van der Waals surface area contributed by atoms with Gasteiger partial charge in [0.2, 0.25) is 0 Å².